The summed E-state index contributed by atoms with van der Waals surface area (Å²) < 4.78 is 0. The molecule has 8 nitrogen and oxygen atoms in total. The maximum absolute atomic E-state index is 4.90. The van der Waals surface area contributed by atoms with E-state index in [1.807, 2.05) is 158 Å². The number of aromatic nitrogens is 8. The van der Waals surface area contributed by atoms with E-state index < -0.39 is 0 Å². The third-order valence-electron chi connectivity index (χ3n) is 12.0. The molecular formula is C64H44N8. The number of nitrogens with zero attached hydrogens (tertiary/aromatic N) is 8. The van der Waals surface area contributed by atoms with Crippen molar-refractivity contribution in [3.63, 3.8) is 0 Å². The largest absolute Gasteiger partial charge is 0.264 e. The fourth-order valence-electron chi connectivity index (χ4n) is 8.31. The molecule has 8 aromatic carbocycles. The van der Waals surface area contributed by atoms with Gasteiger partial charge in [0.1, 0.15) is 0 Å². The van der Waals surface area contributed by atoms with Gasteiger partial charge in [-0.2, -0.15) is 0 Å². The van der Waals surface area contributed by atoms with Crippen LogP contribution in [0.1, 0.15) is 0 Å². The van der Waals surface area contributed by atoms with E-state index in [9.17, 15) is 0 Å². The molecule has 340 valence electrons. The molecule has 0 spiro atoms. The van der Waals surface area contributed by atoms with Crippen LogP contribution in [-0.4, -0.2) is 39.9 Å². The summed E-state index contributed by atoms with van der Waals surface area (Å²) in [5.74, 6) is 3.84. The minimum Gasteiger partial charge on any atom is -0.264 e. The Labute approximate surface area is 418 Å². The van der Waals surface area contributed by atoms with Gasteiger partial charge in [0.25, 0.3) is 0 Å². The molecule has 12 aromatic rings. The minimum absolute atomic E-state index is 0.628. The lowest BCUT2D eigenvalue weighted by atomic mass is 10.0. The van der Waals surface area contributed by atoms with Crippen LogP contribution in [0.4, 0.5) is 0 Å². The third-order valence-corrected chi connectivity index (χ3v) is 12.0. The smallest absolute Gasteiger partial charge is 0.164 e. The number of hydrogen-bond donors (Lipinski definition) is 0. The average Bonchev–Trinajstić information content (AvgIpc) is 3.48. The molecule has 0 atom stereocenters. The van der Waals surface area contributed by atoms with Crippen LogP contribution in [-0.2, 0) is 0 Å². The quantitative estimate of drug-likeness (QED) is 0.134. The molecule has 0 saturated heterocycles. The Bertz CT molecular complexity index is 3440. The van der Waals surface area contributed by atoms with Gasteiger partial charge in [-0.05, 0) is 58.1 Å². The highest BCUT2D eigenvalue weighted by Gasteiger charge is 2.15. The molecule has 4 aromatic heterocycles. The first kappa shape index (κ1) is 44.6. The van der Waals surface area contributed by atoms with E-state index in [1.54, 1.807) is 12.4 Å². The summed E-state index contributed by atoms with van der Waals surface area (Å²) >= 11 is 0. The summed E-state index contributed by atoms with van der Waals surface area (Å²) in [6.07, 6.45) is 5.44. The Hall–Kier alpha value is -9.92. The van der Waals surface area contributed by atoms with Crippen LogP contribution in [0.3, 0.4) is 0 Å². The Kier molecular flexibility index (Phi) is 13.1. The molecule has 0 aliphatic heterocycles. The zero-order chi connectivity index (χ0) is 48.3. The first-order valence-electron chi connectivity index (χ1n) is 23.6. The second-order valence-corrected chi connectivity index (χ2v) is 16.8. The molecule has 0 aliphatic carbocycles. The molecule has 4 heterocycles. The van der Waals surface area contributed by atoms with E-state index in [0.717, 1.165) is 66.9 Å². The maximum Gasteiger partial charge on any atom is 0.164 e. The zero-order valence-electron chi connectivity index (χ0n) is 39.0. The van der Waals surface area contributed by atoms with Crippen molar-refractivity contribution in [2.45, 2.75) is 0 Å². The summed E-state index contributed by atoms with van der Waals surface area (Å²) in [6, 6.07) is 83.8. The lowest BCUT2D eigenvalue weighted by molar-refractivity contribution is 1.07. The predicted octanol–water partition coefficient (Wildman–Crippen LogP) is 15.2. The van der Waals surface area contributed by atoms with Crippen molar-refractivity contribution < 1.29 is 0 Å². The van der Waals surface area contributed by atoms with E-state index in [0.29, 0.717) is 34.9 Å². The van der Waals surface area contributed by atoms with Crippen LogP contribution in [0.5, 0.6) is 0 Å². The van der Waals surface area contributed by atoms with Crippen molar-refractivity contribution in [1.82, 2.24) is 39.9 Å². The van der Waals surface area contributed by atoms with Gasteiger partial charge < -0.3 is 0 Å². The molecular weight excluding hydrogens is 881 g/mol. The summed E-state index contributed by atoms with van der Waals surface area (Å²) in [5.41, 5.74) is 14.3. The number of hydrogen-bond acceptors (Lipinski definition) is 8. The van der Waals surface area contributed by atoms with Crippen LogP contribution in [0.15, 0.2) is 267 Å². The van der Waals surface area contributed by atoms with E-state index in [4.69, 9.17) is 29.9 Å². The highest BCUT2D eigenvalue weighted by molar-refractivity contribution is 5.75. The van der Waals surface area contributed by atoms with Crippen LogP contribution in [0.2, 0.25) is 0 Å². The Morgan fingerprint density at radius 1 is 0.194 bits per heavy atom. The van der Waals surface area contributed by atoms with Gasteiger partial charge in [0.15, 0.2) is 34.9 Å². The van der Waals surface area contributed by atoms with Crippen molar-refractivity contribution in [2.75, 3.05) is 0 Å². The Balaban J connectivity index is 0.000000156. The predicted molar refractivity (Wildman–Crippen MR) is 290 cm³/mol. The first-order valence-corrected chi connectivity index (χ1v) is 23.6. The lowest BCUT2D eigenvalue weighted by Crippen LogP contribution is -2.00. The van der Waals surface area contributed by atoms with Crippen molar-refractivity contribution in [3.8, 4) is 113 Å². The zero-order valence-corrected chi connectivity index (χ0v) is 39.0. The van der Waals surface area contributed by atoms with E-state index in [2.05, 4.69) is 107 Å². The van der Waals surface area contributed by atoms with E-state index >= 15 is 0 Å². The fourth-order valence-corrected chi connectivity index (χ4v) is 8.31. The van der Waals surface area contributed by atoms with Gasteiger partial charge in [-0.1, -0.05) is 218 Å². The van der Waals surface area contributed by atoms with Crippen molar-refractivity contribution >= 4 is 0 Å². The Morgan fingerprint density at radius 2 is 0.514 bits per heavy atom. The van der Waals surface area contributed by atoms with Crippen LogP contribution in [0.25, 0.3) is 113 Å². The normalized spacial score (nSPS) is 10.8. The third kappa shape index (κ3) is 10.4. The van der Waals surface area contributed by atoms with Crippen molar-refractivity contribution in [3.05, 3.63) is 267 Å². The number of benzene rings is 8. The van der Waals surface area contributed by atoms with Crippen molar-refractivity contribution in [1.29, 1.82) is 0 Å². The molecule has 8 heteroatoms. The van der Waals surface area contributed by atoms with Gasteiger partial charge in [-0.15, -0.1) is 0 Å². The average molecular weight is 925 g/mol. The fraction of sp³-hybridized carbons (Fsp3) is 0. The summed E-state index contributed by atoms with van der Waals surface area (Å²) in [6.45, 7) is 0. The monoisotopic (exact) mass is 924 g/mol. The molecule has 12 rings (SSSR count). The highest BCUT2D eigenvalue weighted by atomic mass is 15.0. The number of pyridine rings is 2. The van der Waals surface area contributed by atoms with Gasteiger partial charge in [-0.3, -0.25) is 9.97 Å². The van der Waals surface area contributed by atoms with Gasteiger partial charge in [-0.25, -0.2) is 29.9 Å². The van der Waals surface area contributed by atoms with Gasteiger partial charge in [0, 0.05) is 63.1 Å². The Morgan fingerprint density at radius 3 is 0.931 bits per heavy atom. The summed E-state index contributed by atoms with van der Waals surface area (Å²) in [5, 5.41) is 0. The highest BCUT2D eigenvalue weighted by Crippen LogP contribution is 2.31. The molecule has 0 fully saturated rings. The molecule has 72 heavy (non-hydrogen) atoms. The molecule has 0 N–H and O–H groups in total. The molecule has 0 amide bonds. The molecule has 0 radical (unpaired) electrons. The summed E-state index contributed by atoms with van der Waals surface area (Å²) in [4.78, 5) is 38.0. The first-order chi connectivity index (χ1) is 35.7. The molecule has 0 unspecified atom stereocenters. The van der Waals surface area contributed by atoms with Gasteiger partial charge in [0.05, 0.1) is 5.69 Å². The summed E-state index contributed by atoms with van der Waals surface area (Å²) in [7, 11) is 0. The van der Waals surface area contributed by atoms with E-state index in [1.165, 1.54) is 11.1 Å². The van der Waals surface area contributed by atoms with E-state index in [-0.39, 0.29) is 0 Å². The second-order valence-electron chi connectivity index (χ2n) is 16.8. The molecule has 0 aliphatic rings. The lowest BCUT2D eigenvalue weighted by Gasteiger charge is -2.10. The standard InChI is InChI=1S/2C32H22N4/c1-3-9-23(10-4-1)24-16-18-26(19-17-24)31-34-30(25-11-5-2-6-12-25)35-32(36-31)28-14-7-13-27(21-28)29-15-8-20-33-22-29;1-3-10-23(11-4-1)24-17-19-26(20-18-24)31-34-30(25-12-5-2-6-13-25)35-32(36-31)28-15-9-14-27(22-28)29-16-7-8-21-33-29/h2*1-22H. The van der Waals surface area contributed by atoms with Crippen molar-refractivity contribution in [2.24, 2.45) is 0 Å². The molecule has 0 bridgehead atoms. The molecule has 0 saturated carbocycles. The maximum atomic E-state index is 4.90. The van der Waals surface area contributed by atoms with Crippen LogP contribution in [0, 0.1) is 0 Å². The topological polar surface area (TPSA) is 103 Å². The van der Waals surface area contributed by atoms with Crippen LogP contribution < -0.4 is 0 Å². The van der Waals surface area contributed by atoms with Gasteiger partial charge in [0.2, 0.25) is 0 Å². The van der Waals surface area contributed by atoms with Crippen LogP contribution >= 0.6 is 0 Å². The SMILES string of the molecule is c1ccc(-c2ccc(-c3nc(-c4ccccc4)nc(-c4cccc(-c5ccccn5)c4)n3)cc2)cc1.c1ccc(-c2ccc(-c3nc(-c4ccccc4)nc(-c4cccc(-c5cccnc5)c4)n3)cc2)cc1. The minimum atomic E-state index is 0.628. The second kappa shape index (κ2) is 21.2. The van der Waals surface area contributed by atoms with Gasteiger partial charge >= 0.3 is 0 Å². The number of rotatable bonds is 10.